The average molecular weight is 199 g/mol. The Morgan fingerprint density at radius 3 is 2.47 bits per heavy atom. The highest BCUT2D eigenvalue weighted by Gasteiger charge is 2.07. The molecule has 0 saturated carbocycles. The van der Waals surface area contributed by atoms with Crippen molar-refractivity contribution in [3.05, 3.63) is 60.7 Å². The van der Waals surface area contributed by atoms with Gasteiger partial charge in [0.25, 0.3) is 0 Å². The highest BCUT2D eigenvalue weighted by Crippen LogP contribution is 2.05. The van der Waals surface area contributed by atoms with E-state index in [1.165, 1.54) is 0 Å². The second-order valence-corrected chi connectivity index (χ2v) is 3.22. The van der Waals surface area contributed by atoms with Crippen molar-refractivity contribution < 1.29 is 9.73 Å². The molecular formula is C13H13NO+. The van der Waals surface area contributed by atoms with E-state index < -0.39 is 0 Å². The van der Waals surface area contributed by atoms with Crippen molar-refractivity contribution in [2.24, 2.45) is 0 Å². The summed E-state index contributed by atoms with van der Waals surface area (Å²) >= 11 is 0. The van der Waals surface area contributed by atoms with Crippen LogP contribution in [0.15, 0.2) is 54.3 Å². The molecule has 1 aliphatic carbocycles. The van der Waals surface area contributed by atoms with Gasteiger partial charge in [-0.3, -0.25) is 0 Å². The van der Waals surface area contributed by atoms with Crippen LogP contribution in [0.5, 0.6) is 0 Å². The molecule has 2 heteroatoms. The molecule has 1 aromatic rings. The van der Waals surface area contributed by atoms with Crippen LogP contribution in [0, 0.1) is 6.42 Å². The summed E-state index contributed by atoms with van der Waals surface area (Å²) in [6.45, 7) is 0. The molecule has 0 spiro atoms. The summed E-state index contributed by atoms with van der Waals surface area (Å²) in [5.41, 5.74) is 2.14. The van der Waals surface area contributed by atoms with Gasteiger partial charge in [0, 0.05) is 18.2 Å². The van der Waals surface area contributed by atoms with Gasteiger partial charge >= 0.3 is 0 Å². The molecule has 0 heterocycles. The minimum atomic E-state index is 0.869. The van der Waals surface area contributed by atoms with Crippen molar-refractivity contribution >= 4 is 11.4 Å². The molecule has 0 aliphatic heterocycles. The molecule has 1 radical (unpaired) electrons. The predicted octanol–water partition coefficient (Wildman–Crippen LogP) is 1.14. The zero-order valence-corrected chi connectivity index (χ0v) is 8.60. The fourth-order valence-electron chi connectivity index (χ4n) is 1.36. The third kappa shape index (κ3) is 2.56. The van der Waals surface area contributed by atoms with E-state index in [1.54, 1.807) is 7.11 Å². The Hall–Kier alpha value is -1.83. The molecule has 2 rings (SSSR count). The highest BCUT2D eigenvalue weighted by atomic mass is 16.5. The number of hydrogen-bond donors (Lipinski definition) is 1. The summed E-state index contributed by atoms with van der Waals surface area (Å²) in [5, 5.41) is 0. The van der Waals surface area contributed by atoms with Crippen molar-refractivity contribution in [1.29, 1.82) is 0 Å². The van der Waals surface area contributed by atoms with Gasteiger partial charge in [0.05, 0.1) is 13.5 Å². The Kier molecular flexibility index (Phi) is 2.98. The largest absolute Gasteiger partial charge is 0.497 e. The van der Waals surface area contributed by atoms with Crippen LogP contribution in [0.25, 0.3) is 0 Å². The van der Waals surface area contributed by atoms with Crippen molar-refractivity contribution in [3.8, 4) is 0 Å². The molecular weight excluding hydrogens is 186 g/mol. The third-order valence-corrected chi connectivity index (χ3v) is 2.15. The second-order valence-electron chi connectivity index (χ2n) is 3.22. The van der Waals surface area contributed by atoms with Gasteiger partial charge in [-0.25, -0.2) is 4.99 Å². The Morgan fingerprint density at radius 2 is 1.87 bits per heavy atom. The van der Waals surface area contributed by atoms with Gasteiger partial charge in [-0.05, 0) is 12.2 Å². The number of nitrogens with one attached hydrogen (secondary N) is 1. The molecule has 0 bridgehead atoms. The van der Waals surface area contributed by atoms with Crippen LogP contribution >= 0.6 is 0 Å². The molecule has 0 aromatic heterocycles. The van der Waals surface area contributed by atoms with Gasteiger partial charge in [-0.15, -0.1) is 0 Å². The Balaban J connectivity index is 2.13. The lowest BCUT2D eigenvalue weighted by Crippen LogP contribution is -2.66. The zero-order chi connectivity index (χ0) is 10.5. The third-order valence-electron chi connectivity index (χ3n) is 2.15. The molecule has 1 N–H and O–H groups in total. The van der Waals surface area contributed by atoms with Crippen molar-refractivity contribution in [2.45, 2.75) is 0 Å². The van der Waals surface area contributed by atoms with Crippen LogP contribution in [0.4, 0.5) is 5.69 Å². The summed E-state index contributed by atoms with van der Waals surface area (Å²) in [6.07, 6.45) is 7.86. The highest BCUT2D eigenvalue weighted by molar-refractivity contribution is 6.00. The molecule has 75 valence electrons. The average Bonchev–Trinajstić information content (AvgIpc) is 2.31. The van der Waals surface area contributed by atoms with Crippen molar-refractivity contribution in [2.75, 3.05) is 7.11 Å². The zero-order valence-electron chi connectivity index (χ0n) is 8.60. The second kappa shape index (κ2) is 4.60. The molecule has 0 unspecified atom stereocenters. The summed E-state index contributed by atoms with van der Waals surface area (Å²) < 4.78 is 5.09. The van der Waals surface area contributed by atoms with E-state index >= 15 is 0 Å². The minimum Gasteiger partial charge on any atom is -0.497 e. The van der Waals surface area contributed by atoms with Gasteiger partial charge in [0.15, 0.2) is 5.71 Å². The standard InChI is InChI=1S/C13H12NO/c1-15-13-9-7-12(8-10-13)14-11-5-3-2-4-6-11/h2-10H,1H3/p+1. The number of para-hydroxylation sites is 1. The van der Waals surface area contributed by atoms with E-state index in [2.05, 4.69) is 4.99 Å². The van der Waals surface area contributed by atoms with Crippen LogP contribution < -0.4 is 4.99 Å². The number of hydrogen-bond acceptors (Lipinski definition) is 1. The Labute approximate surface area is 89.6 Å². The van der Waals surface area contributed by atoms with E-state index in [1.807, 2.05) is 55.0 Å². The Morgan fingerprint density at radius 1 is 1.07 bits per heavy atom. The summed E-state index contributed by atoms with van der Waals surface area (Å²) in [5.74, 6) is 0.869. The maximum atomic E-state index is 5.09. The predicted molar refractivity (Wildman–Crippen MR) is 60.6 cm³/mol. The Bertz CT molecular complexity index is 415. The molecule has 15 heavy (non-hydrogen) atoms. The fourth-order valence-corrected chi connectivity index (χ4v) is 1.36. The fraction of sp³-hybridized carbons (Fsp3) is 0.0769. The van der Waals surface area contributed by atoms with Gasteiger partial charge in [-0.1, -0.05) is 18.2 Å². The first-order chi connectivity index (χ1) is 7.38. The van der Waals surface area contributed by atoms with Crippen LogP contribution in [-0.4, -0.2) is 12.8 Å². The lowest BCUT2D eigenvalue weighted by molar-refractivity contribution is -0.352. The maximum absolute atomic E-state index is 5.09. The number of allylic oxidation sites excluding steroid dienone is 3. The van der Waals surface area contributed by atoms with Crippen LogP contribution in [0.1, 0.15) is 0 Å². The number of ether oxygens (including phenoxy) is 1. The maximum Gasteiger partial charge on any atom is 0.203 e. The molecule has 2 nitrogen and oxygen atoms in total. The first-order valence-electron chi connectivity index (χ1n) is 4.84. The van der Waals surface area contributed by atoms with Gasteiger partial charge < -0.3 is 4.74 Å². The van der Waals surface area contributed by atoms with Crippen molar-refractivity contribution in [3.63, 3.8) is 0 Å². The van der Waals surface area contributed by atoms with Crippen LogP contribution in [0.3, 0.4) is 0 Å². The van der Waals surface area contributed by atoms with Crippen LogP contribution in [0.2, 0.25) is 0 Å². The molecule has 0 atom stereocenters. The number of rotatable bonds is 2. The molecule has 1 aromatic carbocycles. The minimum absolute atomic E-state index is 0.869. The smallest absolute Gasteiger partial charge is 0.203 e. The van der Waals surface area contributed by atoms with Gasteiger partial charge in [0.1, 0.15) is 5.76 Å². The number of benzene rings is 1. The first-order valence-corrected chi connectivity index (χ1v) is 4.84. The molecule has 0 amide bonds. The normalized spacial score (nSPS) is 17.7. The SMILES string of the molecule is COC1=C[CH]C(=[NH+]c2ccccc2)C=C1. The lowest BCUT2D eigenvalue weighted by Gasteiger charge is -2.03. The van der Waals surface area contributed by atoms with E-state index in [9.17, 15) is 0 Å². The van der Waals surface area contributed by atoms with E-state index in [-0.39, 0.29) is 0 Å². The monoisotopic (exact) mass is 199 g/mol. The quantitative estimate of drug-likeness (QED) is 0.758. The van der Waals surface area contributed by atoms with E-state index in [0.717, 1.165) is 17.2 Å². The summed E-state index contributed by atoms with van der Waals surface area (Å²) in [7, 11) is 1.67. The van der Waals surface area contributed by atoms with Crippen LogP contribution in [-0.2, 0) is 4.74 Å². The summed E-state index contributed by atoms with van der Waals surface area (Å²) in [4.78, 5) is 3.30. The first kappa shape index (κ1) is 9.71. The van der Waals surface area contributed by atoms with E-state index in [0.29, 0.717) is 0 Å². The summed E-state index contributed by atoms with van der Waals surface area (Å²) in [6, 6.07) is 10.1. The van der Waals surface area contributed by atoms with Crippen molar-refractivity contribution in [1.82, 2.24) is 0 Å². The molecule has 0 saturated heterocycles. The lowest BCUT2D eigenvalue weighted by atomic mass is 10.1. The van der Waals surface area contributed by atoms with Gasteiger partial charge in [0.2, 0.25) is 5.69 Å². The topological polar surface area (TPSA) is 23.2 Å². The number of methoxy groups -OCH3 is 1. The van der Waals surface area contributed by atoms with E-state index in [4.69, 9.17) is 4.74 Å². The van der Waals surface area contributed by atoms with Gasteiger partial charge in [-0.2, -0.15) is 0 Å². The molecule has 1 aliphatic rings. The molecule has 0 fully saturated rings.